The quantitative estimate of drug-likeness (QED) is 0.690. The van der Waals surface area contributed by atoms with Gasteiger partial charge in [0.05, 0.1) is 0 Å². The minimum atomic E-state index is -0.213. The summed E-state index contributed by atoms with van der Waals surface area (Å²) in [4.78, 5) is 14.4. The number of carbonyl (C=O) groups excluding carboxylic acids is 1. The third-order valence-corrected chi connectivity index (χ3v) is 1.89. The lowest BCUT2D eigenvalue weighted by molar-refractivity contribution is -0.118. The molecule has 1 aromatic rings. The van der Waals surface area contributed by atoms with Crippen LogP contribution in [0.15, 0.2) is 24.5 Å². The summed E-state index contributed by atoms with van der Waals surface area (Å²) in [5.74, 6) is -0.213. The van der Waals surface area contributed by atoms with Crippen LogP contribution >= 0.6 is 0 Å². The molecule has 2 N–H and O–H groups in total. The molecule has 0 aliphatic rings. The molecule has 3 nitrogen and oxygen atoms in total. The number of amides is 1. The maximum absolute atomic E-state index is 10.4. The van der Waals surface area contributed by atoms with E-state index in [1.165, 1.54) is 5.56 Å². The van der Waals surface area contributed by atoms with Gasteiger partial charge >= 0.3 is 0 Å². The molecule has 0 aromatic carbocycles. The van der Waals surface area contributed by atoms with E-state index < -0.39 is 0 Å². The Labute approximate surface area is 78.0 Å². The van der Waals surface area contributed by atoms with Gasteiger partial charge in [0.15, 0.2) is 0 Å². The van der Waals surface area contributed by atoms with Crippen LogP contribution in [0.2, 0.25) is 0 Å². The van der Waals surface area contributed by atoms with E-state index in [2.05, 4.69) is 4.98 Å². The first-order valence-corrected chi connectivity index (χ1v) is 4.46. The van der Waals surface area contributed by atoms with Crippen molar-refractivity contribution in [3.63, 3.8) is 0 Å². The van der Waals surface area contributed by atoms with Gasteiger partial charge in [-0.05, 0) is 37.0 Å². The number of pyridine rings is 1. The van der Waals surface area contributed by atoms with Crippen LogP contribution in [0, 0.1) is 0 Å². The number of carbonyl (C=O) groups is 1. The maximum Gasteiger partial charge on any atom is 0.217 e. The lowest BCUT2D eigenvalue weighted by atomic mass is 10.1. The van der Waals surface area contributed by atoms with Crippen LogP contribution in [-0.4, -0.2) is 10.9 Å². The Kier molecular flexibility index (Phi) is 3.96. The van der Waals surface area contributed by atoms with Crippen molar-refractivity contribution in [2.24, 2.45) is 5.73 Å². The number of nitrogens with two attached hydrogens (primary N) is 1. The van der Waals surface area contributed by atoms with Gasteiger partial charge in [-0.2, -0.15) is 0 Å². The first-order valence-electron chi connectivity index (χ1n) is 4.46. The summed E-state index contributed by atoms with van der Waals surface area (Å²) in [6, 6.07) is 3.98. The van der Waals surface area contributed by atoms with Crippen molar-refractivity contribution < 1.29 is 4.79 Å². The molecule has 1 heterocycles. The van der Waals surface area contributed by atoms with Gasteiger partial charge in [0, 0.05) is 18.8 Å². The average Bonchev–Trinajstić information content (AvgIpc) is 2.14. The van der Waals surface area contributed by atoms with Gasteiger partial charge in [-0.25, -0.2) is 0 Å². The molecule has 13 heavy (non-hydrogen) atoms. The second kappa shape index (κ2) is 5.30. The Balaban J connectivity index is 2.17. The molecule has 0 radical (unpaired) electrons. The Morgan fingerprint density at radius 3 is 2.62 bits per heavy atom. The number of aryl methyl sites for hydroxylation is 1. The van der Waals surface area contributed by atoms with Gasteiger partial charge in [0.2, 0.25) is 5.91 Å². The van der Waals surface area contributed by atoms with Crippen molar-refractivity contribution in [2.75, 3.05) is 0 Å². The fourth-order valence-corrected chi connectivity index (χ4v) is 1.18. The second-order valence-corrected chi connectivity index (χ2v) is 3.03. The fourth-order valence-electron chi connectivity index (χ4n) is 1.18. The number of rotatable bonds is 5. The van der Waals surface area contributed by atoms with Gasteiger partial charge in [-0.15, -0.1) is 0 Å². The van der Waals surface area contributed by atoms with E-state index in [0.29, 0.717) is 6.42 Å². The first-order chi connectivity index (χ1) is 6.29. The smallest absolute Gasteiger partial charge is 0.217 e. The highest BCUT2D eigenvalue weighted by Crippen LogP contribution is 2.04. The third-order valence-electron chi connectivity index (χ3n) is 1.89. The standard InChI is InChI=1S/C10H14N2O/c11-10(13)4-2-1-3-9-5-7-12-8-6-9/h5-8H,1-4H2,(H2,11,13). The van der Waals surface area contributed by atoms with E-state index in [9.17, 15) is 4.79 Å². The number of unbranched alkanes of at least 4 members (excludes halogenated alkanes) is 1. The SMILES string of the molecule is NC(=O)CCCCc1ccncc1. The predicted molar refractivity (Wildman–Crippen MR) is 51.0 cm³/mol. The molecule has 0 atom stereocenters. The van der Waals surface area contributed by atoms with E-state index in [4.69, 9.17) is 5.73 Å². The molecular formula is C10H14N2O. The van der Waals surface area contributed by atoms with E-state index in [1.807, 2.05) is 12.1 Å². The minimum absolute atomic E-state index is 0.213. The Morgan fingerprint density at radius 1 is 1.31 bits per heavy atom. The Morgan fingerprint density at radius 2 is 2.00 bits per heavy atom. The van der Waals surface area contributed by atoms with Gasteiger partial charge in [-0.3, -0.25) is 9.78 Å². The van der Waals surface area contributed by atoms with Crippen molar-refractivity contribution >= 4 is 5.91 Å². The highest BCUT2D eigenvalue weighted by molar-refractivity contribution is 5.73. The molecule has 0 saturated carbocycles. The number of nitrogens with zero attached hydrogens (tertiary/aromatic N) is 1. The lowest BCUT2D eigenvalue weighted by Gasteiger charge is -1.98. The molecule has 0 fully saturated rings. The average molecular weight is 178 g/mol. The molecule has 0 spiro atoms. The summed E-state index contributed by atoms with van der Waals surface area (Å²) in [5.41, 5.74) is 6.29. The zero-order valence-corrected chi connectivity index (χ0v) is 7.57. The van der Waals surface area contributed by atoms with Crippen LogP contribution in [-0.2, 0) is 11.2 Å². The maximum atomic E-state index is 10.4. The largest absolute Gasteiger partial charge is 0.370 e. The number of aromatic nitrogens is 1. The normalized spacial score (nSPS) is 9.85. The van der Waals surface area contributed by atoms with Crippen molar-refractivity contribution in [3.8, 4) is 0 Å². The molecule has 1 rings (SSSR count). The highest BCUT2D eigenvalue weighted by Gasteiger charge is 1.95. The van der Waals surface area contributed by atoms with Gasteiger partial charge < -0.3 is 5.73 Å². The predicted octanol–water partition coefficient (Wildman–Crippen LogP) is 1.28. The van der Waals surface area contributed by atoms with Crippen molar-refractivity contribution in [2.45, 2.75) is 25.7 Å². The van der Waals surface area contributed by atoms with Crippen LogP contribution in [0.3, 0.4) is 0 Å². The van der Waals surface area contributed by atoms with Crippen LogP contribution in [0.5, 0.6) is 0 Å². The van der Waals surface area contributed by atoms with Crippen molar-refractivity contribution in [3.05, 3.63) is 30.1 Å². The van der Waals surface area contributed by atoms with Crippen molar-refractivity contribution in [1.29, 1.82) is 0 Å². The van der Waals surface area contributed by atoms with Crippen molar-refractivity contribution in [1.82, 2.24) is 4.98 Å². The van der Waals surface area contributed by atoms with E-state index in [-0.39, 0.29) is 5.91 Å². The van der Waals surface area contributed by atoms with E-state index >= 15 is 0 Å². The topological polar surface area (TPSA) is 56.0 Å². The molecule has 1 aromatic heterocycles. The minimum Gasteiger partial charge on any atom is -0.370 e. The molecule has 1 amide bonds. The molecule has 0 bridgehead atoms. The summed E-state index contributed by atoms with van der Waals surface area (Å²) < 4.78 is 0. The molecule has 0 unspecified atom stereocenters. The molecule has 0 aliphatic carbocycles. The summed E-state index contributed by atoms with van der Waals surface area (Å²) >= 11 is 0. The molecular weight excluding hydrogens is 164 g/mol. The van der Waals surface area contributed by atoms with Gasteiger partial charge in [0.1, 0.15) is 0 Å². The monoisotopic (exact) mass is 178 g/mol. The van der Waals surface area contributed by atoms with Crippen LogP contribution in [0.1, 0.15) is 24.8 Å². The highest BCUT2D eigenvalue weighted by atomic mass is 16.1. The summed E-state index contributed by atoms with van der Waals surface area (Å²) in [6.07, 6.45) is 6.93. The van der Waals surface area contributed by atoms with Crippen LogP contribution < -0.4 is 5.73 Å². The number of hydrogen-bond donors (Lipinski definition) is 1. The first kappa shape index (κ1) is 9.71. The molecule has 0 saturated heterocycles. The van der Waals surface area contributed by atoms with Gasteiger partial charge in [-0.1, -0.05) is 0 Å². The molecule has 70 valence electrons. The summed E-state index contributed by atoms with van der Waals surface area (Å²) in [7, 11) is 0. The van der Waals surface area contributed by atoms with Gasteiger partial charge in [0.25, 0.3) is 0 Å². The van der Waals surface area contributed by atoms with E-state index in [1.54, 1.807) is 12.4 Å². The fraction of sp³-hybridized carbons (Fsp3) is 0.400. The summed E-state index contributed by atoms with van der Waals surface area (Å²) in [5, 5.41) is 0. The lowest BCUT2D eigenvalue weighted by Crippen LogP contribution is -2.09. The number of hydrogen-bond acceptors (Lipinski definition) is 2. The molecule has 0 aliphatic heterocycles. The Hall–Kier alpha value is -1.38. The number of primary amides is 1. The zero-order valence-electron chi connectivity index (χ0n) is 7.57. The summed E-state index contributed by atoms with van der Waals surface area (Å²) in [6.45, 7) is 0. The van der Waals surface area contributed by atoms with Crippen LogP contribution in [0.4, 0.5) is 0 Å². The second-order valence-electron chi connectivity index (χ2n) is 3.03. The van der Waals surface area contributed by atoms with E-state index in [0.717, 1.165) is 19.3 Å². The van der Waals surface area contributed by atoms with Crippen LogP contribution in [0.25, 0.3) is 0 Å². The zero-order chi connectivity index (χ0) is 9.52. The molecule has 3 heteroatoms. The third kappa shape index (κ3) is 4.25. The Bertz CT molecular complexity index is 259.